The third-order valence-electron chi connectivity index (χ3n) is 4.08. The molecule has 1 heterocycles. The Labute approximate surface area is 129 Å². The topological polar surface area (TPSA) is 41.1 Å². The molecule has 1 aromatic carbocycles. The Hall–Kier alpha value is -0.770. The van der Waals surface area contributed by atoms with Crippen LogP contribution in [0.15, 0.2) is 18.2 Å². The molecule has 2 unspecified atom stereocenters. The predicted octanol–water partition coefficient (Wildman–Crippen LogP) is 2.97. The van der Waals surface area contributed by atoms with Crippen LogP contribution in [0.25, 0.3) is 0 Å². The van der Waals surface area contributed by atoms with Gasteiger partial charge in [0.1, 0.15) is 0 Å². The molecular weight excluding hydrogens is 295 g/mol. The maximum Gasteiger partial charge on any atom is 0.224 e. The van der Waals surface area contributed by atoms with Gasteiger partial charge >= 0.3 is 0 Å². The third kappa shape index (κ3) is 3.27. The summed E-state index contributed by atoms with van der Waals surface area (Å²) in [5.74, 6) is 0.508. The van der Waals surface area contributed by atoms with Crippen LogP contribution in [-0.2, 0) is 4.79 Å². The van der Waals surface area contributed by atoms with E-state index in [-0.39, 0.29) is 23.8 Å². The molecule has 1 aliphatic carbocycles. The van der Waals surface area contributed by atoms with Gasteiger partial charge in [-0.2, -0.15) is 0 Å². The summed E-state index contributed by atoms with van der Waals surface area (Å²) in [6.07, 6.45) is 3.09. The molecule has 0 bridgehead atoms. The minimum Gasteiger partial charge on any atom is -0.352 e. The maximum atomic E-state index is 12.2. The molecule has 1 aliphatic heterocycles. The molecule has 20 heavy (non-hydrogen) atoms. The number of carbonyl (C=O) groups is 1. The lowest BCUT2D eigenvalue weighted by Crippen LogP contribution is -2.46. The van der Waals surface area contributed by atoms with Crippen LogP contribution in [0.2, 0.25) is 10.0 Å². The molecule has 1 saturated carbocycles. The van der Waals surface area contributed by atoms with E-state index < -0.39 is 0 Å². The highest BCUT2D eigenvalue weighted by Gasteiger charge is 2.44. The molecule has 0 aromatic heterocycles. The molecule has 1 amide bonds. The van der Waals surface area contributed by atoms with E-state index in [1.807, 2.05) is 12.1 Å². The van der Waals surface area contributed by atoms with Crippen LogP contribution in [0, 0.1) is 5.92 Å². The molecule has 3 atom stereocenters. The summed E-state index contributed by atoms with van der Waals surface area (Å²) in [4.78, 5) is 12.2. The number of nitrogens with one attached hydrogen (secondary N) is 2. The van der Waals surface area contributed by atoms with Crippen molar-refractivity contribution in [3.8, 4) is 0 Å². The van der Waals surface area contributed by atoms with Gasteiger partial charge in [-0.1, -0.05) is 23.2 Å². The average Bonchev–Trinajstić information content (AvgIpc) is 3.19. The SMILES string of the molecule is O=C(N[C@H]1CCCNC1)C1CC1c1cc(Cl)cc(Cl)c1. The predicted molar refractivity (Wildman–Crippen MR) is 81.3 cm³/mol. The number of rotatable bonds is 3. The molecule has 0 spiro atoms. The lowest BCUT2D eigenvalue weighted by atomic mass is 10.1. The second kappa shape index (κ2) is 5.92. The molecule has 0 radical (unpaired) electrons. The highest BCUT2D eigenvalue weighted by Crippen LogP contribution is 2.48. The van der Waals surface area contributed by atoms with Gasteiger partial charge in [-0.25, -0.2) is 0 Å². The zero-order valence-corrected chi connectivity index (χ0v) is 12.7. The fourth-order valence-corrected chi connectivity index (χ4v) is 3.47. The number of amides is 1. The maximum absolute atomic E-state index is 12.2. The zero-order valence-electron chi connectivity index (χ0n) is 11.2. The van der Waals surface area contributed by atoms with E-state index in [0.29, 0.717) is 10.0 Å². The van der Waals surface area contributed by atoms with Crippen LogP contribution < -0.4 is 10.6 Å². The van der Waals surface area contributed by atoms with Crippen LogP contribution in [-0.4, -0.2) is 25.0 Å². The Kier molecular flexibility index (Phi) is 4.20. The number of benzene rings is 1. The smallest absolute Gasteiger partial charge is 0.224 e. The van der Waals surface area contributed by atoms with Gasteiger partial charge in [-0.05, 0) is 55.5 Å². The number of carbonyl (C=O) groups excluding carboxylic acids is 1. The summed E-state index contributed by atoms with van der Waals surface area (Å²) in [5, 5.41) is 7.72. The Morgan fingerprint density at radius 2 is 2.00 bits per heavy atom. The van der Waals surface area contributed by atoms with Crippen molar-refractivity contribution in [3.05, 3.63) is 33.8 Å². The third-order valence-corrected chi connectivity index (χ3v) is 4.52. The van der Waals surface area contributed by atoms with Crippen molar-refractivity contribution in [2.45, 2.75) is 31.2 Å². The standard InChI is InChI=1S/C15H18Cl2N2O/c16-10-4-9(5-11(17)6-10)13-7-14(13)15(20)19-12-2-1-3-18-8-12/h4-6,12-14,18H,1-3,7-8H2,(H,19,20)/t12-,13?,14?/m0/s1. The van der Waals surface area contributed by atoms with Gasteiger partial charge in [0, 0.05) is 28.5 Å². The van der Waals surface area contributed by atoms with Crippen LogP contribution in [0.3, 0.4) is 0 Å². The van der Waals surface area contributed by atoms with Gasteiger partial charge in [0.15, 0.2) is 0 Å². The van der Waals surface area contributed by atoms with Crippen molar-refractivity contribution in [1.29, 1.82) is 0 Å². The lowest BCUT2D eigenvalue weighted by Gasteiger charge is -2.23. The van der Waals surface area contributed by atoms with E-state index in [1.165, 1.54) is 0 Å². The van der Waals surface area contributed by atoms with E-state index in [9.17, 15) is 4.79 Å². The molecule has 108 valence electrons. The van der Waals surface area contributed by atoms with Gasteiger partial charge in [0.05, 0.1) is 0 Å². The molecule has 2 fully saturated rings. The Morgan fingerprint density at radius 3 is 2.65 bits per heavy atom. The van der Waals surface area contributed by atoms with E-state index >= 15 is 0 Å². The van der Waals surface area contributed by atoms with E-state index in [2.05, 4.69) is 10.6 Å². The van der Waals surface area contributed by atoms with Gasteiger partial charge < -0.3 is 10.6 Å². The first-order valence-corrected chi connectivity index (χ1v) is 7.86. The first-order chi connectivity index (χ1) is 9.63. The number of hydrogen-bond acceptors (Lipinski definition) is 2. The fraction of sp³-hybridized carbons (Fsp3) is 0.533. The monoisotopic (exact) mass is 312 g/mol. The largest absolute Gasteiger partial charge is 0.352 e. The zero-order chi connectivity index (χ0) is 14.1. The summed E-state index contributed by atoms with van der Waals surface area (Å²) >= 11 is 12.0. The van der Waals surface area contributed by atoms with Crippen LogP contribution >= 0.6 is 23.2 Å². The van der Waals surface area contributed by atoms with Gasteiger partial charge in [0.2, 0.25) is 5.91 Å². The average molecular weight is 313 g/mol. The van der Waals surface area contributed by atoms with Gasteiger partial charge in [0.25, 0.3) is 0 Å². The van der Waals surface area contributed by atoms with Crippen LogP contribution in [0.5, 0.6) is 0 Å². The van der Waals surface area contributed by atoms with Gasteiger partial charge in [-0.3, -0.25) is 4.79 Å². The van der Waals surface area contributed by atoms with Crippen molar-refractivity contribution < 1.29 is 4.79 Å². The summed E-state index contributed by atoms with van der Waals surface area (Å²) in [7, 11) is 0. The molecule has 1 aromatic rings. The summed E-state index contributed by atoms with van der Waals surface area (Å²) in [6, 6.07) is 5.82. The fourth-order valence-electron chi connectivity index (χ4n) is 2.93. The quantitative estimate of drug-likeness (QED) is 0.901. The summed E-state index contributed by atoms with van der Waals surface area (Å²) in [6.45, 7) is 1.94. The Morgan fingerprint density at radius 1 is 1.25 bits per heavy atom. The van der Waals surface area contributed by atoms with Crippen molar-refractivity contribution in [1.82, 2.24) is 10.6 Å². The molecule has 3 rings (SSSR count). The molecule has 1 saturated heterocycles. The number of hydrogen-bond donors (Lipinski definition) is 2. The minimum absolute atomic E-state index is 0.0754. The molecule has 5 heteroatoms. The highest BCUT2D eigenvalue weighted by molar-refractivity contribution is 6.34. The normalized spacial score (nSPS) is 29.0. The van der Waals surface area contributed by atoms with E-state index in [1.54, 1.807) is 6.07 Å². The highest BCUT2D eigenvalue weighted by atomic mass is 35.5. The van der Waals surface area contributed by atoms with Crippen molar-refractivity contribution in [2.24, 2.45) is 5.92 Å². The first kappa shape index (κ1) is 14.2. The second-order valence-electron chi connectivity index (χ2n) is 5.70. The number of halogens is 2. The number of piperidine rings is 1. The van der Waals surface area contributed by atoms with Crippen molar-refractivity contribution in [3.63, 3.8) is 0 Å². The lowest BCUT2D eigenvalue weighted by molar-refractivity contribution is -0.123. The Balaban J connectivity index is 1.59. The van der Waals surface area contributed by atoms with Crippen LogP contribution in [0.1, 0.15) is 30.7 Å². The van der Waals surface area contributed by atoms with E-state index in [4.69, 9.17) is 23.2 Å². The second-order valence-corrected chi connectivity index (χ2v) is 6.58. The van der Waals surface area contributed by atoms with Gasteiger partial charge in [-0.15, -0.1) is 0 Å². The van der Waals surface area contributed by atoms with Crippen molar-refractivity contribution >= 4 is 29.1 Å². The summed E-state index contributed by atoms with van der Waals surface area (Å²) in [5.41, 5.74) is 1.07. The van der Waals surface area contributed by atoms with E-state index in [0.717, 1.165) is 37.9 Å². The van der Waals surface area contributed by atoms with Crippen LogP contribution in [0.4, 0.5) is 0 Å². The Bertz CT molecular complexity index is 494. The summed E-state index contributed by atoms with van der Waals surface area (Å²) < 4.78 is 0. The molecule has 3 nitrogen and oxygen atoms in total. The molecule has 2 aliphatic rings. The minimum atomic E-state index is 0.0754. The van der Waals surface area contributed by atoms with Crippen molar-refractivity contribution in [2.75, 3.05) is 13.1 Å². The first-order valence-electron chi connectivity index (χ1n) is 7.10. The molecular formula is C15H18Cl2N2O. The molecule has 2 N–H and O–H groups in total.